The van der Waals surface area contributed by atoms with Crippen molar-refractivity contribution in [2.75, 3.05) is 12.4 Å². The van der Waals surface area contributed by atoms with Gasteiger partial charge in [0.25, 0.3) is 0 Å². The summed E-state index contributed by atoms with van der Waals surface area (Å²) in [7, 11) is 1.61. The van der Waals surface area contributed by atoms with Crippen LogP contribution in [-0.4, -0.2) is 17.1 Å². The van der Waals surface area contributed by atoms with Gasteiger partial charge in [0.2, 0.25) is 5.88 Å². The van der Waals surface area contributed by atoms with Crippen LogP contribution in [0, 0.1) is 6.92 Å². The first-order valence-corrected chi connectivity index (χ1v) is 6.80. The van der Waals surface area contributed by atoms with Crippen LogP contribution in [0.4, 0.5) is 5.82 Å². The van der Waals surface area contributed by atoms with Gasteiger partial charge in [-0.1, -0.05) is 38.1 Å². The minimum atomic E-state index is 0.561. The molecule has 0 fully saturated rings. The fourth-order valence-corrected chi connectivity index (χ4v) is 2.02. The molecule has 4 heteroatoms. The van der Waals surface area contributed by atoms with Crippen LogP contribution < -0.4 is 10.1 Å². The van der Waals surface area contributed by atoms with Gasteiger partial charge < -0.3 is 10.1 Å². The number of hydrogen-bond acceptors (Lipinski definition) is 4. The van der Waals surface area contributed by atoms with E-state index in [1.165, 1.54) is 17.5 Å². The number of nitrogens with zero attached hydrogens (tertiary/aromatic N) is 2. The second-order valence-corrected chi connectivity index (χ2v) is 5.11. The Balaban J connectivity index is 2.05. The predicted octanol–water partition coefficient (Wildman–Crippen LogP) is 3.53. The molecular formula is C16H21N3O. The van der Waals surface area contributed by atoms with E-state index in [2.05, 4.69) is 53.4 Å². The molecule has 0 saturated carbocycles. The topological polar surface area (TPSA) is 47.0 Å². The molecule has 2 aromatic rings. The molecule has 0 aliphatic rings. The van der Waals surface area contributed by atoms with Crippen molar-refractivity contribution < 1.29 is 4.74 Å². The zero-order valence-electron chi connectivity index (χ0n) is 12.5. The molecule has 0 unspecified atom stereocenters. The van der Waals surface area contributed by atoms with E-state index in [9.17, 15) is 0 Å². The molecular weight excluding hydrogens is 250 g/mol. The second-order valence-electron chi connectivity index (χ2n) is 5.11. The van der Waals surface area contributed by atoms with Crippen molar-refractivity contribution in [3.05, 3.63) is 47.3 Å². The molecule has 0 bridgehead atoms. The van der Waals surface area contributed by atoms with Crippen LogP contribution in [0.5, 0.6) is 5.88 Å². The van der Waals surface area contributed by atoms with Crippen molar-refractivity contribution in [1.29, 1.82) is 0 Å². The van der Waals surface area contributed by atoms with Crippen LogP contribution in [0.1, 0.15) is 36.5 Å². The van der Waals surface area contributed by atoms with E-state index in [0.29, 0.717) is 11.8 Å². The molecule has 0 spiro atoms. The SMILES string of the molecule is COc1ncnc(NCc2ccc(C(C)C)cc2)c1C. The van der Waals surface area contributed by atoms with Crippen LogP contribution in [-0.2, 0) is 6.54 Å². The Hall–Kier alpha value is -2.10. The highest BCUT2D eigenvalue weighted by Crippen LogP contribution is 2.20. The molecule has 1 heterocycles. The maximum absolute atomic E-state index is 5.19. The lowest BCUT2D eigenvalue weighted by Crippen LogP contribution is -2.05. The lowest BCUT2D eigenvalue weighted by Gasteiger charge is -2.11. The zero-order chi connectivity index (χ0) is 14.5. The predicted molar refractivity (Wildman–Crippen MR) is 81.2 cm³/mol. The molecule has 0 amide bonds. The summed E-state index contributed by atoms with van der Waals surface area (Å²) in [6.07, 6.45) is 1.51. The van der Waals surface area contributed by atoms with Gasteiger partial charge in [0, 0.05) is 6.54 Å². The largest absolute Gasteiger partial charge is 0.481 e. The van der Waals surface area contributed by atoms with Gasteiger partial charge in [-0.3, -0.25) is 0 Å². The van der Waals surface area contributed by atoms with E-state index in [0.717, 1.165) is 17.9 Å². The van der Waals surface area contributed by atoms with Crippen molar-refractivity contribution in [2.45, 2.75) is 33.2 Å². The molecule has 1 aromatic heterocycles. The van der Waals surface area contributed by atoms with Gasteiger partial charge in [-0.2, -0.15) is 0 Å². The molecule has 0 saturated heterocycles. The second kappa shape index (κ2) is 6.37. The third kappa shape index (κ3) is 3.26. The molecule has 1 aromatic carbocycles. The number of anilines is 1. The Morgan fingerprint density at radius 3 is 2.45 bits per heavy atom. The zero-order valence-corrected chi connectivity index (χ0v) is 12.5. The highest BCUT2D eigenvalue weighted by molar-refractivity contribution is 5.48. The molecule has 0 aliphatic heterocycles. The van der Waals surface area contributed by atoms with Crippen molar-refractivity contribution in [2.24, 2.45) is 0 Å². The summed E-state index contributed by atoms with van der Waals surface area (Å²) in [6.45, 7) is 7.08. The molecule has 0 radical (unpaired) electrons. The summed E-state index contributed by atoms with van der Waals surface area (Å²) in [4.78, 5) is 8.32. The number of aromatic nitrogens is 2. The smallest absolute Gasteiger partial charge is 0.221 e. The molecule has 0 aliphatic carbocycles. The van der Waals surface area contributed by atoms with E-state index in [-0.39, 0.29) is 0 Å². The summed E-state index contributed by atoms with van der Waals surface area (Å²) in [5.74, 6) is 1.98. The Bertz CT molecular complexity index is 564. The molecule has 20 heavy (non-hydrogen) atoms. The van der Waals surface area contributed by atoms with E-state index in [4.69, 9.17) is 4.74 Å². The van der Waals surface area contributed by atoms with E-state index in [1.54, 1.807) is 7.11 Å². The van der Waals surface area contributed by atoms with Gasteiger partial charge >= 0.3 is 0 Å². The summed E-state index contributed by atoms with van der Waals surface area (Å²) < 4.78 is 5.19. The Kier molecular flexibility index (Phi) is 4.56. The van der Waals surface area contributed by atoms with Crippen LogP contribution >= 0.6 is 0 Å². The number of nitrogens with one attached hydrogen (secondary N) is 1. The maximum atomic E-state index is 5.19. The quantitative estimate of drug-likeness (QED) is 0.903. The first kappa shape index (κ1) is 14.3. The highest BCUT2D eigenvalue weighted by atomic mass is 16.5. The number of benzene rings is 1. The average Bonchev–Trinajstić information content (AvgIpc) is 2.46. The average molecular weight is 271 g/mol. The van der Waals surface area contributed by atoms with Crippen molar-refractivity contribution in [1.82, 2.24) is 9.97 Å². The van der Waals surface area contributed by atoms with Crippen LogP contribution in [0.2, 0.25) is 0 Å². The van der Waals surface area contributed by atoms with Gasteiger partial charge in [0.15, 0.2) is 0 Å². The summed E-state index contributed by atoms with van der Waals surface area (Å²) in [5, 5.41) is 3.32. The minimum absolute atomic E-state index is 0.561. The number of methoxy groups -OCH3 is 1. The third-order valence-electron chi connectivity index (χ3n) is 3.34. The van der Waals surface area contributed by atoms with Gasteiger partial charge in [0.1, 0.15) is 12.1 Å². The normalized spacial score (nSPS) is 10.7. The Labute approximate surface area is 120 Å². The Morgan fingerprint density at radius 1 is 1.15 bits per heavy atom. The number of hydrogen-bond donors (Lipinski definition) is 1. The number of rotatable bonds is 5. The molecule has 2 rings (SSSR count). The minimum Gasteiger partial charge on any atom is -0.481 e. The Morgan fingerprint density at radius 2 is 1.85 bits per heavy atom. The first-order chi connectivity index (χ1) is 9.61. The van der Waals surface area contributed by atoms with Gasteiger partial charge in [-0.15, -0.1) is 0 Å². The summed E-state index contributed by atoms with van der Waals surface area (Å²) in [5.41, 5.74) is 3.51. The fraction of sp³-hybridized carbons (Fsp3) is 0.375. The van der Waals surface area contributed by atoms with Gasteiger partial charge in [-0.25, -0.2) is 9.97 Å². The molecule has 106 valence electrons. The monoisotopic (exact) mass is 271 g/mol. The third-order valence-corrected chi connectivity index (χ3v) is 3.34. The van der Waals surface area contributed by atoms with Crippen LogP contribution in [0.3, 0.4) is 0 Å². The molecule has 4 nitrogen and oxygen atoms in total. The van der Waals surface area contributed by atoms with Crippen molar-refractivity contribution in [3.63, 3.8) is 0 Å². The van der Waals surface area contributed by atoms with Crippen molar-refractivity contribution >= 4 is 5.82 Å². The van der Waals surface area contributed by atoms with E-state index >= 15 is 0 Å². The summed E-state index contributed by atoms with van der Waals surface area (Å²) in [6, 6.07) is 8.65. The highest BCUT2D eigenvalue weighted by Gasteiger charge is 2.06. The van der Waals surface area contributed by atoms with E-state index in [1.807, 2.05) is 6.92 Å². The molecule has 1 N–H and O–H groups in total. The first-order valence-electron chi connectivity index (χ1n) is 6.80. The van der Waals surface area contributed by atoms with Crippen LogP contribution in [0.25, 0.3) is 0 Å². The van der Waals surface area contributed by atoms with Crippen LogP contribution in [0.15, 0.2) is 30.6 Å². The van der Waals surface area contributed by atoms with Gasteiger partial charge in [0.05, 0.1) is 12.7 Å². The fourth-order valence-electron chi connectivity index (χ4n) is 2.02. The van der Waals surface area contributed by atoms with Gasteiger partial charge in [-0.05, 0) is 24.0 Å². The standard InChI is InChI=1S/C16H21N3O/c1-11(2)14-7-5-13(6-8-14)9-17-15-12(3)16(20-4)19-10-18-15/h5-8,10-11H,9H2,1-4H3,(H,17,18,19). The van der Waals surface area contributed by atoms with Crippen molar-refractivity contribution in [3.8, 4) is 5.88 Å². The molecule has 0 atom stereocenters. The lowest BCUT2D eigenvalue weighted by atomic mass is 10.0. The number of ether oxygens (including phenoxy) is 1. The lowest BCUT2D eigenvalue weighted by molar-refractivity contribution is 0.393. The van der Waals surface area contributed by atoms with E-state index < -0.39 is 0 Å². The summed E-state index contributed by atoms with van der Waals surface area (Å²) >= 11 is 0. The maximum Gasteiger partial charge on any atom is 0.221 e.